The van der Waals surface area contributed by atoms with E-state index in [1.165, 1.54) is 51.9 Å². The van der Waals surface area contributed by atoms with Gasteiger partial charge < -0.3 is 4.90 Å². The van der Waals surface area contributed by atoms with Gasteiger partial charge in [-0.2, -0.15) is 0 Å². The van der Waals surface area contributed by atoms with Gasteiger partial charge in [0.2, 0.25) is 0 Å². The van der Waals surface area contributed by atoms with Gasteiger partial charge in [-0.25, -0.2) is 0 Å². The molecule has 0 saturated carbocycles. The number of likely N-dealkylation sites (tertiary alicyclic amines) is 2. The molecule has 0 bridgehead atoms. The third-order valence-electron chi connectivity index (χ3n) is 3.17. The van der Waals surface area contributed by atoms with E-state index in [1.807, 2.05) is 0 Å². The summed E-state index contributed by atoms with van der Waals surface area (Å²) < 4.78 is 0. The lowest BCUT2D eigenvalue weighted by atomic mass is 10.2. The summed E-state index contributed by atoms with van der Waals surface area (Å²) in [6.45, 7) is 5.12. The molecule has 2 heteroatoms. The first-order chi connectivity index (χ1) is 5.86. The lowest BCUT2D eigenvalue weighted by Gasteiger charge is -2.24. The molecule has 12 heavy (non-hydrogen) atoms. The number of hydrogen-bond donors (Lipinski definition) is 0. The van der Waals surface area contributed by atoms with Gasteiger partial charge in [-0.15, -0.1) is 0 Å². The van der Waals surface area contributed by atoms with E-state index in [2.05, 4.69) is 16.8 Å². The van der Waals surface area contributed by atoms with E-state index in [0.29, 0.717) is 0 Å². The van der Waals surface area contributed by atoms with Crippen LogP contribution in [0.5, 0.6) is 0 Å². The third-order valence-corrected chi connectivity index (χ3v) is 3.17. The fourth-order valence-electron chi connectivity index (χ4n) is 2.37. The Kier molecular flexibility index (Phi) is 2.66. The van der Waals surface area contributed by atoms with Crippen molar-refractivity contribution in [3.63, 3.8) is 0 Å². The Morgan fingerprint density at radius 1 is 1.08 bits per heavy atom. The van der Waals surface area contributed by atoms with Crippen molar-refractivity contribution in [3.05, 3.63) is 7.05 Å². The van der Waals surface area contributed by atoms with Gasteiger partial charge in [-0.1, -0.05) is 0 Å². The van der Waals surface area contributed by atoms with Crippen LogP contribution in [-0.4, -0.2) is 42.0 Å². The van der Waals surface area contributed by atoms with Crippen molar-refractivity contribution in [2.45, 2.75) is 31.7 Å². The van der Waals surface area contributed by atoms with E-state index in [0.717, 1.165) is 6.04 Å². The maximum atomic E-state index is 4.07. The predicted molar refractivity (Wildman–Crippen MR) is 50.8 cm³/mol. The van der Waals surface area contributed by atoms with Gasteiger partial charge in [0.1, 0.15) is 0 Å². The Morgan fingerprint density at radius 2 is 1.83 bits per heavy atom. The Labute approximate surface area is 75.5 Å². The number of rotatable bonds is 2. The fourth-order valence-corrected chi connectivity index (χ4v) is 2.37. The zero-order chi connectivity index (χ0) is 8.39. The summed E-state index contributed by atoms with van der Waals surface area (Å²) in [7, 11) is 4.07. The maximum absolute atomic E-state index is 4.07. The zero-order valence-corrected chi connectivity index (χ0v) is 7.84. The fraction of sp³-hybridized carbons (Fsp3) is 0.900. The highest BCUT2D eigenvalue weighted by Gasteiger charge is 2.24. The zero-order valence-electron chi connectivity index (χ0n) is 7.84. The minimum Gasteiger partial charge on any atom is -0.302 e. The van der Waals surface area contributed by atoms with Crippen molar-refractivity contribution < 1.29 is 0 Å². The third kappa shape index (κ3) is 1.80. The highest BCUT2D eigenvalue weighted by atomic mass is 15.2. The summed E-state index contributed by atoms with van der Waals surface area (Å²) >= 11 is 0. The van der Waals surface area contributed by atoms with E-state index in [1.54, 1.807) is 0 Å². The molecule has 69 valence electrons. The summed E-state index contributed by atoms with van der Waals surface area (Å²) in [5, 5.41) is 0. The molecule has 0 aromatic carbocycles. The van der Waals surface area contributed by atoms with E-state index in [9.17, 15) is 0 Å². The van der Waals surface area contributed by atoms with Gasteiger partial charge in [-0.3, -0.25) is 4.90 Å². The monoisotopic (exact) mass is 167 g/mol. The molecule has 0 spiro atoms. The lowest BCUT2D eigenvalue weighted by Crippen LogP contribution is -2.36. The average molecular weight is 167 g/mol. The normalized spacial score (nSPS) is 33.2. The second kappa shape index (κ2) is 3.75. The summed E-state index contributed by atoms with van der Waals surface area (Å²) in [5.41, 5.74) is 0. The van der Waals surface area contributed by atoms with Crippen LogP contribution in [0.1, 0.15) is 25.7 Å². The van der Waals surface area contributed by atoms with Crippen molar-refractivity contribution in [3.8, 4) is 0 Å². The van der Waals surface area contributed by atoms with E-state index < -0.39 is 0 Å². The van der Waals surface area contributed by atoms with E-state index >= 15 is 0 Å². The van der Waals surface area contributed by atoms with Crippen LogP contribution in [0.4, 0.5) is 0 Å². The average Bonchev–Trinajstić information content (AvgIpc) is 2.65. The molecular formula is C10H19N2. The number of nitrogens with zero attached hydrogens (tertiary/aromatic N) is 2. The smallest absolute Gasteiger partial charge is 0.0224 e. The highest BCUT2D eigenvalue weighted by molar-refractivity contribution is 4.82. The summed E-state index contributed by atoms with van der Waals surface area (Å²) in [5.74, 6) is 0. The minimum atomic E-state index is 0.753. The van der Waals surface area contributed by atoms with E-state index in [-0.39, 0.29) is 0 Å². The van der Waals surface area contributed by atoms with Crippen molar-refractivity contribution in [1.82, 2.24) is 9.80 Å². The molecule has 0 aromatic rings. The second-order valence-electron chi connectivity index (χ2n) is 4.12. The molecule has 2 aliphatic heterocycles. The second-order valence-corrected chi connectivity index (χ2v) is 4.12. The van der Waals surface area contributed by atoms with Gasteiger partial charge >= 0.3 is 0 Å². The van der Waals surface area contributed by atoms with Crippen LogP contribution < -0.4 is 0 Å². The molecule has 2 rings (SSSR count). The topological polar surface area (TPSA) is 6.48 Å². The predicted octanol–water partition coefficient (Wildman–Crippen LogP) is 1.34. The molecule has 0 aliphatic carbocycles. The summed E-state index contributed by atoms with van der Waals surface area (Å²) in [6.07, 6.45) is 5.52. The van der Waals surface area contributed by atoms with Gasteiger partial charge in [-0.05, 0) is 45.3 Å². The largest absolute Gasteiger partial charge is 0.302 e. The SMILES string of the molecule is [CH2]N1CCCC1CN1CCCC1. The van der Waals surface area contributed by atoms with Crippen LogP contribution in [-0.2, 0) is 0 Å². The first-order valence-corrected chi connectivity index (χ1v) is 5.16. The molecule has 2 nitrogen and oxygen atoms in total. The van der Waals surface area contributed by atoms with Crippen LogP contribution in [0.25, 0.3) is 0 Å². The van der Waals surface area contributed by atoms with Gasteiger partial charge in [0.15, 0.2) is 0 Å². The lowest BCUT2D eigenvalue weighted by molar-refractivity contribution is 0.235. The first-order valence-electron chi connectivity index (χ1n) is 5.16. The van der Waals surface area contributed by atoms with Gasteiger partial charge in [0.25, 0.3) is 0 Å². The standard InChI is InChI=1S/C10H19N2/c1-11-6-4-5-10(11)9-12-7-2-3-8-12/h10H,1-9H2. The first kappa shape index (κ1) is 8.52. The van der Waals surface area contributed by atoms with Crippen LogP contribution in [0, 0.1) is 7.05 Å². The molecular weight excluding hydrogens is 148 g/mol. The van der Waals surface area contributed by atoms with Crippen LogP contribution in [0.15, 0.2) is 0 Å². The molecule has 2 aliphatic rings. The molecule has 2 fully saturated rings. The van der Waals surface area contributed by atoms with Crippen molar-refractivity contribution in [2.24, 2.45) is 0 Å². The van der Waals surface area contributed by atoms with Crippen molar-refractivity contribution in [1.29, 1.82) is 0 Å². The quantitative estimate of drug-likeness (QED) is 0.612. The summed E-state index contributed by atoms with van der Waals surface area (Å²) in [4.78, 5) is 4.87. The Balaban J connectivity index is 1.77. The van der Waals surface area contributed by atoms with E-state index in [4.69, 9.17) is 0 Å². The highest BCUT2D eigenvalue weighted by Crippen LogP contribution is 2.18. The molecule has 0 N–H and O–H groups in total. The molecule has 1 radical (unpaired) electrons. The molecule has 1 unspecified atom stereocenters. The number of hydrogen-bond acceptors (Lipinski definition) is 2. The van der Waals surface area contributed by atoms with Crippen molar-refractivity contribution >= 4 is 0 Å². The molecule has 0 amide bonds. The molecule has 2 heterocycles. The minimum absolute atomic E-state index is 0.753. The van der Waals surface area contributed by atoms with Gasteiger partial charge in [0.05, 0.1) is 0 Å². The summed E-state index contributed by atoms with van der Waals surface area (Å²) in [6, 6.07) is 0.753. The Morgan fingerprint density at radius 3 is 2.42 bits per heavy atom. The molecule has 1 atom stereocenters. The molecule has 2 saturated heterocycles. The Hall–Kier alpha value is -0.0800. The van der Waals surface area contributed by atoms with Crippen molar-refractivity contribution in [2.75, 3.05) is 26.2 Å². The maximum Gasteiger partial charge on any atom is 0.0224 e. The van der Waals surface area contributed by atoms with Crippen LogP contribution in [0.2, 0.25) is 0 Å². The van der Waals surface area contributed by atoms with Crippen LogP contribution >= 0.6 is 0 Å². The molecule has 0 aromatic heterocycles. The van der Waals surface area contributed by atoms with Crippen LogP contribution in [0.3, 0.4) is 0 Å². The Bertz CT molecular complexity index is 141. The van der Waals surface area contributed by atoms with Gasteiger partial charge in [0, 0.05) is 19.6 Å².